The molecule has 0 spiro atoms. The quantitative estimate of drug-likeness (QED) is 0.196. The van der Waals surface area contributed by atoms with Crippen molar-refractivity contribution in [1.29, 1.82) is 0 Å². The average Bonchev–Trinajstić information content (AvgIpc) is 3.46. The summed E-state index contributed by atoms with van der Waals surface area (Å²) in [6.45, 7) is 2.47. The zero-order valence-electron chi connectivity index (χ0n) is 19.8. The number of carbonyl (C=O) groups excluding carboxylic acids is 3. The van der Waals surface area contributed by atoms with Crippen LogP contribution in [-0.4, -0.2) is 35.7 Å². The first kappa shape index (κ1) is 26.8. The molecule has 1 saturated heterocycles. The molecule has 0 saturated carbocycles. The van der Waals surface area contributed by atoms with Crippen molar-refractivity contribution >= 4 is 62.5 Å². The number of hydrogen-bond donors (Lipinski definition) is 0. The van der Waals surface area contributed by atoms with Crippen molar-refractivity contribution in [3.63, 3.8) is 0 Å². The second kappa shape index (κ2) is 11.9. The molecule has 1 aliphatic heterocycles. The first-order chi connectivity index (χ1) is 17.8. The van der Waals surface area contributed by atoms with Gasteiger partial charge in [-0.1, -0.05) is 39.7 Å². The number of amides is 2. The van der Waals surface area contributed by atoms with Crippen molar-refractivity contribution in [3.05, 3.63) is 85.6 Å². The maximum atomic E-state index is 13.0. The zero-order valence-corrected chi connectivity index (χ0v) is 22.9. The van der Waals surface area contributed by atoms with Crippen molar-refractivity contribution in [2.24, 2.45) is 0 Å². The minimum atomic E-state index is -0.643. The van der Waals surface area contributed by atoms with Gasteiger partial charge in [0.2, 0.25) is 5.76 Å². The fourth-order valence-corrected chi connectivity index (χ4v) is 4.78. The van der Waals surface area contributed by atoms with E-state index >= 15 is 0 Å². The summed E-state index contributed by atoms with van der Waals surface area (Å²) in [6, 6.07) is 13.8. The van der Waals surface area contributed by atoms with Crippen LogP contribution in [0.15, 0.2) is 62.3 Å². The number of hydrogen-bond acceptors (Lipinski definition) is 8. The first-order valence-corrected chi connectivity index (χ1v) is 13.0. The molecule has 8 nitrogen and oxygen atoms in total. The number of halogens is 2. The lowest BCUT2D eigenvalue weighted by molar-refractivity contribution is -0.123. The van der Waals surface area contributed by atoms with E-state index in [1.165, 1.54) is 19.2 Å². The van der Waals surface area contributed by atoms with Crippen LogP contribution in [-0.2, 0) is 22.7 Å². The third-order valence-electron chi connectivity index (χ3n) is 5.19. The largest absolute Gasteiger partial charge is 0.490 e. The van der Waals surface area contributed by atoms with E-state index in [2.05, 4.69) is 20.7 Å². The van der Waals surface area contributed by atoms with Gasteiger partial charge in [-0.2, -0.15) is 0 Å². The maximum absolute atomic E-state index is 13.0. The van der Waals surface area contributed by atoms with Gasteiger partial charge in [-0.05, 0) is 72.3 Å². The SMILES string of the molecule is CCOc1cc(/C=C2/SC(=O)N(Cc3ccc(C(=O)OC)o3)C2=O)c(Br)cc1OCc1ccc(Cl)cc1. The normalized spacial score (nSPS) is 14.4. The average molecular weight is 607 g/mol. The lowest BCUT2D eigenvalue weighted by Gasteiger charge is -2.14. The van der Waals surface area contributed by atoms with Gasteiger partial charge in [0.15, 0.2) is 11.5 Å². The van der Waals surface area contributed by atoms with E-state index in [4.69, 9.17) is 25.5 Å². The Morgan fingerprint density at radius 2 is 1.84 bits per heavy atom. The summed E-state index contributed by atoms with van der Waals surface area (Å²) in [4.78, 5) is 38.5. The Labute approximate surface area is 230 Å². The van der Waals surface area contributed by atoms with Crippen LogP contribution < -0.4 is 9.47 Å². The van der Waals surface area contributed by atoms with Crippen molar-refractivity contribution in [2.45, 2.75) is 20.1 Å². The fourth-order valence-electron chi connectivity index (χ4n) is 3.39. The minimum Gasteiger partial charge on any atom is -0.490 e. The van der Waals surface area contributed by atoms with Gasteiger partial charge in [0.05, 0.1) is 25.2 Å². The summed E-state index contributed by atoms with van der Waals surface area (Å²) >= 11 is 10.3. The molecule has 4 rings (SSSR count). The molecule has 2 amide bonds. The first-order valence-electron chi connectivity index (χ1n) is 11.0. The summed E-state index contributed by atoms with van der Waals surface area (Å²) in [7, 11) is 1.24. The van der Waals surface area contributed by atoms with Crippen molar-refractivity contribution < 1.29 is 33.0 Å². The lowest BCUT2D eigenvalue weighted by Crippen LogP contribution is -2.27. The van der Waals surface area contributed by atoms with Crippen LogP contribution >= 0.6 is 39.3 Å². The minimum absolute atomic E-state index is 0.00855. The van der Waals surface area contributed by atoms with Gasteiger partial charge in [-0.3, -0.25) is 14.5 Å². The van der Waals surface area contributed by atoms with E-state index in [1.807, 2.05) is 19.1 Å². The lowest BCUT2D eigenvalue weighted by atomic mass is 10.1. The number of furan rings is 1. The van der Waals surface area contributed by atoms with Gasteiger partial charge in [-0.25, -0.2) is 4.79 Å². The fraction of sp³-hybridized carbons (Fsp3) is 0.192. The second-order valence-corrected chi connectivity index (χ2v) is 9.98. The molecule has 0 unspecified atom stereocenters. The summed E-state index contributed by atoms with van der Waals surface area (Å²) in [5.41, 5.74) is 1.58. The molecule has 1 aromatic heterocycles. The Kier molecular flexibility index (Phi) is 8.63. The standard InChI is InChI=1S/C26H21BrClNO7S/c1-3-34-21-10-16(19(27)12-22(21)35-14-15-4-6-17(28)7-5-15)11-23-24(30)29(26(32)37-23)13-18-8-9-20(36-18)25(31)33-2/h4-12H,3,13-14H2,1-2H3/b23-11+. The molecule has 2 aromatic carbocycles. The number of methoxy groups -OCH3 is 1. The molecule has 2 heterocycles. The molecule has 192 valence electrons. The van der Waals surface area contributed by atoms with Gasteiger partial charge in [0, 0.05) is 9.50 Å². The number of ether oxygens (including phenoxy) is 3. The van der Waals surface area contributed by atoms with E-state index < -0.39 is 17.1 Å². The monoisotopic (exact) mass is 605 g/mol. The Balaban J connectivity index is 1.52. The van der Waals surface area contributed by atoms with Crippen LogP contribution in [0.5, 0.6) is 11.5 Å². The number of benzene rings is 2. The van der Waals surface area contributed by atoms with E-state index in [-0.39, 0.29) is 23.0 Å². The highest BCUT2D eigenvalue weighted by atomic mass is 79.9. The van der Waals surface area contributed by atoms with Gasteiger partial charge < -0.3 is 18.6 Å². The van der Waals surface area contributed by atoms with Crippen LogP contribution in [0.3, 0.4) is 0 Å². The summed E-state index contributed by atoms with van der Waals surface area (Å²) in [5, 5.41) is 0.196. The number of rotatable bonds is 9. The predicted molar refractivity (Wildman–Crippen MR) is 143 cm³/mol. The van der Waals surface area contributed by atoms with Crippen LogP contribution in [0.1, 0.15) is 34.4 Å². The topological polar surface area (TPSA) is 95.3 Å². The Bertz CT molecular complexity index is 1370. The number of thioether (sulfide) groups is 1. The highest BCUT2D eigenvalue weighted by Gasteiger charge is 2.36. The zero-order chi connectivity index (χ0) is 26.5. The number of nitrogens with zero attached hydrogens (tertiary/aromatic N) is 1. The smallest absolute Gasteiger partial charge is 0.373 e. The van der Waals surface area contributed by atoms with E-state index in [1.54, 1.807) is 30.3 Å². The molecule has 0 bridgehead atoms. The van der Waals surface area contributed by atoms with Gasteiger partial charge in [0.25, 0.3) is 11.1 Å². The molecular formula is C26H21BrClNO7S. The van der Waals surface area contributed by atoms with E-state index in [9.17, 15) is 14.4 Å². The van der Waals surface area contributed by atoms with E-state index in [0.29, 0.717) is 39.8 Å². The van der Waals surface area contributed by atoms with E-state index in [0.717, 1.165) is 22.2 Å². The Hall–Kier alpha value is -3.21. The summed E-state index contributed by atoms with van der Waals surface area (Å²) in [6.07, 6.45) is 1.61. The molecule has 0 radical (unpaired) electrons. The number of carbonyl (C=O) groups is 3. The summed E-state index contributed by atoms with van der Waals surface area (Å²) in [5.74, 6) is 0.177. The molecule has 37 heavy (non-hydrogen) atoms. The number of esters is 1. The molecular weight excluding hydrogens is 586 g/mol. The van der Waals surface area contributed by atoms with Crippen molar-refractivity contribution in [2.75, 3.05) is 13.7 Å². The maximum Gasteiger partial charge on any atom is 0.373 e. The third-order valence-corrected chi connectivity index (χ3v) is 7.04. The molecule has 1 aliphatic rings. The van der Waals surface area contributed by atoms with Crippen LogP contribution in [0.2, 0.25) is 5.02 Å². The van der Waals surface area contributed by atoms with Crippen molar-refractivity contribution in [3.8, 4) is 11.5 Å². The Morgan fingerprint density at radius 3 is 2.54 bits per heavy atom. The third kappa shape index (κ3) is 6.38. The molecule has 0 atom stereocenters. The van der Waals surface area contributed by atoms with Crippen LogP contribution in [0.4, 0.5) is 4.79 Å². The highest BCUT2D eigenvalue weighted by Crippen LogP contribution is 2.39. The van der Waals surface area contributed by atoms with Crippen LogP contribution in [0, 0.1) is 0 Å². The molecule has 3 aromatic rings. The van der Waals surface area contributed by atoms with Gasteiger partial charge in [-0.15, -0.1) is 0 Å². The van der Waals surface area contributed by atoms with Crippen molar-refractivity contribution in [1.82, 2.24) is 4.90 Å². The molecule has 0 aliphatic carbocycles. The molecule has 0 N–H and O–H groups in total. The van der Waals surface area contributed by atoms with Crippen LogP contribution in [0.25, 0.3) is 6.08 Å². The summed E-state index contributed by atoms with van der Waals surface area (Å²) < 4.78 is 22.4. The number of imide groups is 1. The van der Waals surface area contributed by atoms with Gasteiger partial charge in [0.1, 0.15) is 12.4 Å². The molecule has 11 heteroatoms. The molecule has 1 fully saturated rings. The highest BCUT2D eigenvalue weighted by molar-refractivity contribution is 9.10. The second-order valence-electron chi connectivity index (χ2n) is 7.69. The Morgan fingerprint density at radius 1 is 1.11 bits per heavy atom. The predicted octanol–water partition coefficient (Wildman–Crippen LogP) is 6.70. The van der Waals surface area contributed by atoms with Gasteiger partial charge >= 0.3 is 5.97 Å².